The Morgan fingerprint density at radius 2 is 2.18 bits per heavy atom. The van der Waals surface area contributed by atoms with Gasteiger partial charge in [-0.25, -0.2) is 9.78 Å². The lowest BCUT2D eigenvalue weighted by molar-refractivity contribution is -0.124. The van der Waals surface area contributed by atoms with E-state index in [-0.39, 0.29) is 6.54 Å². The Balaban J connectivity index is 1.60. The maximum absolute atomic E-state index is 12.8. The van der Waals surface area contributed by atoms with E-state index in [1.807, 2.05) is 6.07 Å². The molecule has 1 unspecified atom stereocenters. The van der Waals surface area contributed by atoms with Gasteiger partial charge in [-0.15, -0.1) is 11.3 Å². The summed E-state index contributed by atoms with van der Waals surface area (Å²) >= 11 is 7.34. The quantitative estimate of drug-likeness (QED) is 0.470. The molecule has 4 heterocycles. The minimum absolute atomic E-state index is 0.163. The number of hydrogen-bond donors (Lipinski definition) is 4. The molecule has 4 rings (SSSR count). The van der Waals surface area contributed by atoms with E-state index in [0.717, 1.165) is 4.88 Å². The fourth-order valence-electron chi connectivity index (χ4n) is 3.15. The third-order valence-corrected chi connectivity index (χ3v) is 5.75. The number of aromatic nitrogens is 3. The van der Waals surface area contributed by atoms with Gasteiger partial charge in [-0.2, -0.15) is 0 Å². The fraction of sp³-hybridized carbons (Fsp3) is 0.176. The van der Waals surface area contributed by atoms with Crippen LogP contribution in [0.3, 0.4) is 0 Å². The number of halogens is 1. The number of H-pyrrole nitrogens is 1. The van der Waals surface area contributed by atoms with E-state index in [4.69, 9.17) is 11.6 Å². The van der Waals surface area contributed by atoms with Gasteiger partial charge in [0.25, 0.3) is 11.8 Å². The predicted octanol–water partition coefficient (Wildman–Crippen LogP) is 1.59. The Morgan fingerprint density at radius 3 is 2.79 bits per heavy atom. The third-order valence-electron chi connectivity index (χ3n) is 4.49. The number of rotatable bonds is 5. The number of thiophene rings is 1. The average Bonchev–Trinajstić information content (AvgIpc) is 3.41. The van der Waals surface area contributed by atoms with Crippen LogP contribution in [0.25, 0.3) is 10.4 Å². The van der Waals surface area contributed by atoms with Gasteiger partial charge in [-0.05, 0) is 12.1 Å². The van der Waals surface area contributed by atoms with Crippen molar-refractivity contribution < 1.29 is 14.4 Å². The standard InChI is InChI=1S/C17H15ClN6O3S/c1-24-5-4-20-14(24)17(15(26)22-16(27)23-17)8-21-13(25)10-7-19-6-9(10)11-2-3-12(18)28-11/h2-7,19H,8H2,1H3,(H,21,25)(H2,22,23,26,27). The summed E-state index contributed by atoms with van der Waals surface area (Å²) in [6.45, 7) is -0.163. The number of imidazole rings is 1. The summed E-state index contributed by atoms with van der Waals surface area (Å²) in [6.07, 6.45) is 6.44. The number of aryl methyl sites for hydroxylation is 1. The minimum Gasteiger partial charge on any atom is -0.366 e. The van der Waals surface area contributed by atoms with Crippen LogP contribution in [0.15, 0.2) is 36.9 Å². The van der Waals surface area contributed by atoms with Crippen molar-refractivity contribution >= 4 is 40.8 Å². The van der Waals surface area contributed by atoms with Gasteiger partial charge in [0, 0.05) is 42.3 Å². The van der Waals surface area contributed by atoms with Crippen molar-refractivity contribution in [3.05, 3.63) is 52.6 Å². The number of nitrogens with one attached hydrogen (secondary N) is 4. The van der Waals surface area contributed by atoms with Gasteiger partial charge >= 0.3 is 6.03 Å². The third kappa shape index (κ3) is 2.96. The van der Waals surface area contributed by atoms with Crippen LogP contribution >= 0.6 is 22.9 Å². The summed E-state index contributed by atoms with van der Waals surface area (Å²) in [4.78, 5) is 45.1. The zero-order valence-corrected chi connectivity index (χ0v) is 16.1. The summed E-state index contributed by atoms with van der Waals surface area (Å²) in [5.74, 6) is -0.662. The van der Waals surface area contributed by atoms with Crippen molar-refractivity contribution in [3.63, 3.8) is 0 Å². The van der Waals surface area contributed by atoms with Gasteiger partial charge in [0.1, 0.15) is 5.82 Å². The van der Waals surface area contributed by atoms with Crippen molar-refractivity contribution in [2.24, 2.45) is 7.05 Å². The van der Waals surface area contributed by atoms with Gasteiger partial charge in [-0.3, -0.25) is 14.9 Å². The molecule has 28 heavy (non-hydrogen) atoms. The van der Waals surface area contributed by atoms with Crippen LogP contribution in [0, 0.1) is 0 Å². The number of hydrogen-bond acceptors (Lipinski definition) is 5. The monoisotopic (exact) mass is 418 g/mol. The number of amides is 4. The van der Waals surface area contributed by atoms with Crippen LogP contribution < -0.4 is 16.0 Å². The molecule has 0 aromatic carbocycles. The zero-order chi connectivity index (χ0) is 19.9. The SMILES string of the molecule is Cn1ccnc1C1(CNC(=O)c2c[nH]cc2-c2ccc(Cl)s2)NC(=O)NC1=O. The maximum atomic E-state index is 12.8. The number of carbonyl (C=O) groups is 3. The first-order valence-corrected chi connectivity index (χ1v) is 9.42. The Labute approximate surface area is 168 Å². The fourth-order valence-corrected chi connectivity index (χ4v) is 4.23. The van der Waals surface area contributed by atoms with Crippen LogP contribution in [0.4, 0.5) is 4.79 Å². The van der Waals surface area contributed by atoms with Crippen molar-refractivity contribution in [2.75, 3.05) is 6.54 Å². The van der Waals surface area contributed by atoms with Gasteiger partial charge < -0.3 is 20.2 Å². The summed E-state index contributed by atoms with van der Waals surface area (Å²) in [7, 11) is 1.70. The molecule has 1 atom stereocenters. The molecule has 3 aromatic heterocycles. The number of nitrogens with zero attached hydrogens (tertiary/aromatic N) is 2. The van der Waals surface area contributed by atoms with Crippen molar-refractivity contribution in [3.8, 4) is 10.4 Å². The van der Waals surface area contributed by atoms with Crippen molar-refractivity contribution in [1.82, 2.24) is 30.5 Å². The molecule has 144 valence electrons. The smallest absolute Gasteiger partial charge is 0.322 e. The second kappa shape index (κ2) is 6.80. The number of imide groups is 1. The highest BCUT2D eigenvalue weighted by atomic mass is 35.5. The normalized spacial score (nSPS) is 18.8. The molecule has 3 aromatic rings. The Morgan fingerprint density at radius 1 is 1.36 bits per heavy atom. The molecular formula is C17H15ClN6O3S. The van der Waals surface area contributed by atoms with E-state index in [0.29, 0.717) is 21.3 Å². The topological polar surface area (TPSA) is 121 Å². The van der Waals surface area contributed by atoms with E-state index >= 15 is 0 Å². The molecule has 0 bridgehead atoms. The molecule has 0 spiro atoms. The molecule has 0 saturated carbocycles. The van der Waals surface area contributed by atoms with Gasteiger partial charge in [0.15, 0.2) is 5.54 Å². The Kier molecular flexibility index (Phi) is 4.44. The van der Waals surface area contributed by atoms with E-state index in [1.165, 1.54) is 17.5 Å². The van der Waals surface area contributed by atoms with Crippen molar-refractivity contribution in [1.29, 1.82) is 0 Å². The second-order valence-electron chi connectivity index (χ2n) is 6.24. The number of urea groups is 1. The van der Waals surface area contributed by atoms with E-state index in [2.05, 4.69) is 25.9 Å². The molecule has 0 aliphatic carbocycles. The average molecular weight is 419 g/mol. The lowest BCUT2D eigenvalue weighted by Gasteiger charge is -2.25. The summed E-state index contributed by atoms with van der Waals surface area (Å²) in [5, 5.41) is 7.53. The highest BCUT2D eigenvalue weighted by Gasteiger charge is 2.50. The molecule has 11 heteroatoms. The van der Waals surface area contributed by atoms with Crippen LogP contribution in [0.1, 0.15) is 16.2 Å². The summed E-state index contributed by atoms with van der Waals surface area (Å²) in [5.41, 5.74) is -0.396. The highest BCUT2D eigenvalue weighted by molar-refractivity contribution is 7.19. The Hall–Kier alpha value is -3.11. The van der Waals surface area contributed by atoms with E-state index in [9.17, 15) is 14.4 Å². The summed E-state index contributed by atoms with van der Waals surface area (Å²) < 4.78 is 2.23. The van der Waals surface area contributed by atoms with Crippen LogP contribution in [0.2, 0.25) is 4.34 Å². The Bertz CT molecular complexity index is 1090. The zero-order valence-electron chi connectivity index (χ0n) is 14.6. The van der Waals surface area contributed by atoms with Gasteiger partial charge in [0.2, 0.25) is 0 Å². The van der Waals surface area contributed by atoms with Gasteiger partial charge in [-0.1, -0.05) is 11.6 Å². The second-order valence-corrected chi connectivity index (χ2v) is 7.96. The molecule has 0 radical (unpaired) electrons. The van der Waals surface area contributed by atoms with Crippen LogP contribution in [-0.4, -0.2) is 38.9 Å². The number of aromatic amines is 1. The minimum atomic E-state index is -1.49. The van der Waals surface area contributed by atoms with E-state index in [1.54, 1.807) is 36.3 Å². The lowest BCUT2D eigenvalue weighted by atomic mass is 9.98. The largest absolute Gasteiger partial charge is 0.366 e. The first-order chi connectivity index (χ1) is 13.4. The lowest BCUT2D eigenvalue weighted by Crippen LogP contribution is -2.54. The molecule has 1 aliphatic rings. The van der Waals surface area contributed by atoms with Crippen LogP contribution in [-0.2, 0) is 17.4 Å². The molecule has 1 saturated heterocycles. The molecular weight excluding hydrogens is 404 g/mol. The number of carbonyl (C=O) groups excluding carboxylic acids is 3. The first-order valence-electron chi connectivity index (χ1n) is 8.23. The highest BCUT2D eigenvalue weighted by Crippen LogP contribution is 2.33. The first kappa shape index (κ1) is 18.3. The van der Waals surface area contributed by atoms with Crippen molar-refractivity contribution in [2.45, 2.75) is 5.54 Å². The predicted molar refractivity (Wildman–Crippen MR) is 103 cm³/mol. The van der Waals surface area contributed by atoms with E-state index < -0.39 is 23.4 Å². The molecule has 1 fully saturated rings. The van der Waals surface area contributed by atoms with Gasteiger partial charge in [0.05, 0.1) is 16.4 Å². The summed E-state index contributed by atoms with van der Waals surface area (Å²) in [6, 6.07) is 2.94. The molecule has 9 nitrogen and oxygen atoms in total. The molecule has 1 aliphatic heterocycles. The maximum Gasteiger partial charge on any atom is 0.322 e. The molecule has 4 amide bonds. The molecule has 4 N–H and O–H groups in total. The van der Waals surface area contributed by atoms with Crippen LogP contribution in [0.5, 0.6) is 0 Å².